The molecule has 0 fully saturated rings. The fraction of sp³-hybridized carbons (Fsp3) is 0.308. The van der Waals surface area contributed by atoms with E-state index in [1.807, 2.05) is 0 Å². The molecule has 0 aliphatic heterocycles. The second kappa shape index (κ2) is 5.07. The van der Waals surface area contributed by atoms with Gasteiger partial charge in [0.2, 0.25) is 0 Å². The highest BCUT2D eigenvalue weighted by molar-refractivity contribution is 5.82. The van der Waals surface area contributed by atoms with Crippen LogP contribution in [0.4, 0.5) is 13.2 Å². The van der Waals surface area contributed by atoms with Crippen LogP contribution in [0.25, 0.3) is 10.9 Å². The predicted octanol–water partition coefficient (Wildman–Crippen LogP) is 2.97. The molecule has 0 aliphatic carbocycles. The number of fused-ring (bicyclic) bond motifs is 1. The molecule has 0 bridgehead atoms. The summed E-state index contributed by atoms with van der Waals surface area (Å²) in [5.74, 6) is -0.626. The van der Waals surface area contributed by atoms with Crippen LogP contribution in [0, 0.1) is 6.92 Å². The minimum atomic E-state index is -4.46. The number of halogens is 3. The summed E-state index contributed by atoms with van der Waals surface area (Å²) >= 11 is 0. The molecule has 1 N–H and O–H groups in total. The lowest BCUT2D eigenvalue weighted by molar-refractivity contribution is -0.138. The van der Waals surface area contributed by atoms with Gasteiger partial charge in [0.15, 0.2) is 0 Å². The van der Waals surface area contributed by atoms with Crippen LogP contribution in [0.1, 0.15) is 23.5 Å². The standard InChI is InChI=1S/C13H11F3N2O2/c1-7-17-10-3-2-8(13(14,15)16)6-9(10)11(18-7)4-5-12(19)20/h2-3,6H,4-5H2,1H3,(H,19,20). The first-order valence-corrected chi connectivity index (χ1v) is 5.83. The van der Waals surface area contributed by atoms with Crippen LogP contribution in [0.2, 0.25) is 0 Å². The highest BCUT2D eigenvalue weighted by Gasteiger charge is 2.30. The first-order valence-electron chi connectivity index (χ1n) is 5.83. The van der Waals surface area contributed by atoms with Crippen molar-refractivity contribution in [2.75, 3.05) is 0 Å². The minimum Gasteiger partial charge on any atom is -0.481 e. The van der Waals surface area contributed by atoms with Crippen LogP contribution >= 0.6 is 0 Å². The van der Waals surface area contributed by atoms with E-state index in [4.69, 9.17) is 5.11 Å². The Bertz CT molecular complexity index is 668. The number of nitrogens with zero attached hydrogens (tertiary/aromatic N) is 2. The largest absolute Gasteiger partial charge is 0.481 e. The molecule has 1 aromatic carbocycles. The Labute approximate surface area is 112 Å². The number of aromatic nitrogens is 2. The van der Waals surface area contributed by atoms with Crippen LogP contribution in [0.3, 0.4) is 0 Å². The molecule has 0 spiro atoms. The molecule has 0 atom stereocenters. The lowest BCUT2D eigenvalue weighted by Crippen LogP contribution is -2.07. The Morgan fingerprint density at radius 3 is 2.60 bits per heavy atom. The Morgan fingerprint density at radius 2 is 2.00 bits per heavy atom. The van der Waals surface area contributed by atoms with E-state index < -0.39 is 17.7 Å². The minimum absolute atomic E-state index is 0.0660. The zero-order valence-electron chi connectivity index (χ0n) is 10.5. The van der Waals surface area contributed by atoms with Crippen LogP contribution in [-0.4, -0.2) is 21.0 Å². The fourth-order valence-electron chi connectivity index (χ4n) is 1.91. The van der Waals surface area contributed by atoms with E-state index in [9.17, 15) is 18.0 Å². The molecule has 7 heteroatoms. The maximum absolute atomic E-state index is 12.7. The van der Waals surface area contributed by atoms with Gasteiger partial charge < -0.3 is 5.11 Å². The molecule has 2 aromatic rings. The van der Waals surface area contributed by atoms with E-state index in [1.54, 1.807) is 6.92 Å². The summed E-state index contributed by atoms with van der Waals surface area (Å²) in [5, 5.41) is 8.92. The molecule has 1 aromatic heterocycles. The van der Waals surface area contributed by atoms with Crippen molar-refractivity contribution in [3.63, 3.8) is 0 Å². The molecule has 2 rings (SSSR count). The van der Waals surface area contributed by atoms with Crippen molar-refractivity contribution in [3.8, 4) is 0 Å². The molecule has 4 nitrogen and oxygen atoms in total. The van der Waals surface area contributed by atoms with E-state index in [0.717, 1.165) is 12.1 Å². The number of hydrogen-bond acceptors (Lipinski definition) is 3. The number of carbonyl (C=O) groups is 1. The molecule has 20 heavy (non-hydrogen) atoms. The van der Waals surface area contributed by atoms with Gasteiger partial charge in [-0.25, -0.2) is 9.97 Å². The molecule has 1 heterocycles. The Morgan fingerprint density at radius 1 is 1.30 bits per heavy atom. The van der Waals surface area contributed by atoms with Crippen molar-refractivity contribution >= 4 is 16.9 Å². The van der Waals surface area contributed by atoms with Gasteiger partial charge in [-0.15, -0.1) is 0 Å². The van der Waals surface area contributed by atoms with E-state index in [0.29, 0.717) is 17.0 Å². The van der Waals surface area contributed by atoms with Crippen molar-refractivity contribution < 1.29 is 23.1 Å². The maximum atomic E-state index is 12.7. The van der Waals surface area contributed by atoms with E-state index in [-0.39, 0.29) is 18.2 Å². The highest BCUT2D eigenvalue weighted by Crippen LogP contribution is 2.31. The summed E-state index contributed by atoms with van der Waals surface area (Å²) in [4.78, 5) is 18.7. The number of aryl methyl sites for hydroxylation is 2. The Balaban J connectivity index is 2.56. The summed E-state index contributed by atoms with van der Waals surface area (Å²) < 4.78 is 38.1. The zero-order chi connectivity index (χ0) is 14.9. The van der Waals surface area contributed by atoms with Crippen molar-refractivity contribution in [2.45, 2.75) is 25.9 Å². The summed E-state index contributed by atoms with van der Waals surface area (Å²) in [6, 6.07) is 3.19. The van der Waals surface area contributed by atoms with Crippen LogP contribution < -0.4 is 0 Å². The van der Waals surface area contributed by atoms with Gasteiger partial charge >= 0.3 is 12.1 Å². The third-order valence-electron chi connectivity index (χ3n) is 2.79. The third kappa shape index (κ3) is 3.04. The lowest BCUT2D eigenvalue weighted by Gasteiger charge is -2.10. The van der Waals surface area contributed by atoms with Crippen LogP contribution in [-0.2, 0) is 17.4 Å². The topological polar surface area (TPSA) is 63.1 Å². The molecular weight excluding hydrogens is 273 g/mol. The Hall–Kier alpha value is -2.18. The molecule has 0 saturated heterocycles. The number of rotatable bonds is 3. The molecular formula is C13H11F3N2O2. The maximum Gasteiger partial charge on any atom is 0.416 e. The predicted molar refractivity (Wildman–Crippen MR) is 65.2 cm³/mol. The molecule has 106 valence electrons. The fourth-order valence-corrected chi connectivity index (χ4v) is 1.91. The summed E-state index contributed by atoms with van der Waals surface area (Å²) in [6.45, 7) is 1.61. The van der Waals surface area contributed by atoms with Crippen LogP contribution in [0.5, 0.6) is 0 Å². The van der Waals surface area contributed by atoms with Gasteiger partial charge in [0.25, 0.3) is 0 Å². The highest BCUT2D eigenvalue weighted by atomic mass is 19.4. The van der Waals surface area contributed by atoms with Gasteiger partial charge in [-0.1, -0.05) is 0 Å². The average Bonchev–Trinajstić information content (AvgIpc) is 2.33. The van der Waals surface area contributed by atoms with E-state index in [1.165, 1.54) is 6.07 Å². The number of hydrogen-bond donors (Lipinski definition) is 1. The van der Waals surface area contributed by atoms with Crippen molar-refractivity contribution in [3.05, 3.63) is 35.3 Å². The molecule has 0 aliphatic rings. The zero-order valence-corrected chi connectivity index (χ0v) is 10.5. The first kappa shape index (κ1) is 14.2. The number of carboxylic acids is 1. The monoisotopic (exact) mass is 284 g/mol. The normalized spacial score (nSPS) is 11.8. The summed E-state index contributed by atoms with van der Waals surface area (Å²) in [5.41, 5.74) is -0.0964. The number of alkyl halides is 3. The molecule has 0 unspecified atom stereocenters. The number of benzene rings is 1. The van der Waals surface area contributed by atoms with Gasteiger partial charge in [0.1, 0.15) is 5.82 Å². The quantitative estimate of drug-likeness (QED) is 0.941. The lowest BCUT2D eigenvalue weighted by atomic mass is 10.1. The Kier molecular flexibility index (Phi) is 3.61. The summed E-state index contributed by atoms with van der Waals surface area (Å²) in [7, 11) is 0. The van der Waals surface area contributed by atoms with Crippen molar-refractivity contribution in [1.29, 1.82) is 0 Å². The van der Waals surface area contributed by atoms with Crippen molar-refractivity contribution in [2.24, 2.45) is 0 Å². The average molecular weight is 284 g/mol. The second-order valence-corrected chi connectivity index (χ2v) is 4.34. The van der Waals surface area contributed by atoms with Gasteiger partial charge in [-0.2, -0.15) is 13.2 Å². The smallest absolute Gasteiger partial charge is 0.416 e. The number of carboxylic acid groups (broad SMARTS) is 1. The number of aliphatic carboxylic acids is 1. The summed E-state index contributed by atoms with van der Waals surface area (Å²) in [6.07, 6.45) is -4.58. The van der Waals surface area contributed by atoms with E-state index >= 15 is 0 Å². The second-order valence-electron chi connectivity index (χ2n) is 4.34. The molecule has 0 amide bonds. The van der Waals surface area contributed by atoms with Crippen molar-refractivity contribution in [1.82, 2.24) is 9.97 Å². The van der Waals surface area contributed by atoms with Gasteiger partial charge in [-0.3, -0.25) is 4.79 Å². The first-order chi connectivity index (χ1) is 9.27. The van der Waals surface area contributed by atoms with Gasteiger partial charge in [-0.05, 0) is 25.1 Å². The van der Waals surface area contributed by atoms with Crippen LogP contribution in [0.15, 0.2) is 18.2 Å². The molecule has 0 saturated carbocycles. The molecule has 0 radical (unpaired) electrons. The van der Waals surface area contributed by atoms with Gasteiger partial charge in [0.05, 0.1) is 23.2 Å². The SMILES string of the molecule is Cc1nc(CCC(=O)O)c2cc(C(F)(F)F)ccc2n1. The third-order valence-corrected chi connectivity index (χ3v) is 2.79. The van der Waals surface area contributed by atoms with Gasteiger partial charge in [0, 0.05) is 11.8 Å². The van der Waals surface area contributed by atoms with E-state index in [2.05, 4.69) is 9.97 Å².